The van der Waals surface area contributed by atoms with Gasteiger partial charge < -0.3 is 4.43 Å². The Hall–Kier alpha value is -1.18. The average molecular weight is 264 g/mol. The summed E-state index contributed by atoms with van der Waals surface area (Å²) < 4.78 is 19.5. The summed E-state index contributed by atoms with van der Waals surface area (Å²) in [6, 6.07) is 6.60. The van der Waals surface area contributed by atoms with E-state index in [-0.39, 0.29) is 11.7 Å². The van der Waals surface area contributed by atoms with Gasteiger partial charge in [0.25, 0.3) is 0 Å². The van der Waals surface area contributed by atoms with Gasteiger partial charge in [0.2, 0.25) is 9.04 Å². The fraction of sp³-hybridized carbons (Fsp3) is 0.500. The fourth-order valence-electron chi connectivity index (χ4n) is 1.79. The first kappa shape index (κ1) is 14.9. The summed E-state index contributed by atoms with van der Waals surface area (Å²) in [6.45, 7) is 6.27. The molecule has 0 aliphatic carbocycles. The zero-order valence-corrected chi connectivity index (χ0v) is 12.2. The molecule has 0 spiro atoms. The minimum absolute atomic E-state index is 0.0453. The molecule has 1 atom stereocenters. The molecule has 0 aliphatic heterocycles. The first-order chi connectivity index (χ1) is 8.58. The zero-order valence-electron chi connectivity index (χ0n) is 11.2. The normalized spacial score (nSPS) is 12.4. The maximum Gasteiger partial charge on any atom is 0.205 e. The summed E-state index contributed by atoms with van der Waals surface area (Å²) in [7, 11) is -0.826. The van der Waals surface area contributed by atoms with Crippen molar-refractivity contribution in [3.8, 4) is 6.07 Å². The molecule has 0 bridgehead atoms. The second-order valence-electron chi connectivity index (χ2n) is 4.51. The lowest BCUT2D eigenvalue weighted by Crippen LogP contribution is -2.14. The third kappa shape index (κ3) is 4.24. The predicted octanol–water partition coefficient (Wildman–Crippen LogP) is 4.20. The molecule has 97 valence electrons. The number of rotatable bonds is 6. The molecule has 0 N–H and O–H groups in total. The monoisotopic (exact) mass is 264 g/mol. The van der Waals surface area contributed by atoms with Crippen molar-refractivity contribution < 1.29 is 8.82 Å². The van der Waals surface area contributed by atoms with Crippen molar-refractivity contribution in [1.29, 1.82) is 5.26 Å². The largest absolute Gasteiger partial charge is 0.410 e. The number of nitrogens with zero attached hydrogens (tertiary/aromatic N) is 1. The number of hydrogen-bond acceptors (Lipinski definition) is 2. The quantitative estimate of drug-likeness (QED) is 0.721. The Balaban J connectivity index is 2.90. The van der Waals surface area contributed by atoms with Gasteiger partial charge in [0.1, 0.15) is 11.9 Å². The van der Waals surface area contributed by atoms with Gasteiger partial charge in [-0.2, -0.15) is 5.26 Å². The van der Waals surface area contributed by atoms with Crippen LogP contribution >= 0.6 is 0 Å². The van der Waals surface area contributed by atoms with E-state index in [1.54, 1.807) is 6.07 Å². The summed E-state index contributed by atoms with van der Waals surface area (Å²) in [5.41, 5.74) is 0.928. The van der Waals surface area contributed by atoms with Crippen molar-refractivity contribution in [2.24, 2.45) is 0 Å². The highest BCUT2D eigenvalue weighted by molar-refractivity contribution is 6.48. The number of hydrogen-bond donors (Lipinski definition) is 0. The highest BCUT2D eigenvalue weighted by Gasteiger charge is 2.15. The summed E-state index contributed by atoms with van der Waals surface area (Å²) in [6.07, 6.45) is 3.00. The first-order valence-corrected chi connectivity index (χ1v) is 8.65. The van der Waals surface area contributed by atoms with Gasteiger partial charge in [-0.1, -0.05) is 25.8 Å². The van der Waals surface area contributed by atoms with Gasteiger partial charge in [-0.15, -0.1) is 0 Å². The lowest BCUT2D eigenvalue weighted by Gasteiger charge is -2.20. The Morgan fingerprint density at radius 1 is 1.44 bits per heavy atom. The van der Waals surface area contributed by atoms with Crippen molar-refractivity contribution in [3.05, 3.63) is 35.1 Å². The molecule has 4 heteroatoms. The Morgan fingerprint density at radius 3 is 2.67 bits per heavy atom. The Kier molecular flexibility index (Phi) is 6.03. The van der Waals surface area contributed by atoms with Crippen LogP contribution in [0.4, 0.5) is 4.39 Å². The molecule has 0 amide bonds. The lowest BCUT2D eigenvalue weighted by atomic mass is 10.0. The predicted molar refractivity (Wildman–Crippen MR) is 71.9 cm³/mol. The highest BCUT2D eigenvalue weighted by Crippen LogP contribution is 2.26. The molecule has 1 aromatic rings. The number of unbranched alkanes of at least 4 members (excludes halogenated alkanes) is 1. The molecule has 18 heavy (non-hydrogen) atoms. The van der Waals surface area contributed by atoms with E-state index in [0.717, 1.165) is 24.8 Å². The molecule has 0 heterocycles. The van der Waals surface area contributed by atoms with Crippen LogP contribution in [-0.4, -0.2) is 9.04 Å². The van der Waals surface area contributed by atoms with E-state index in [9.17, 15) is 4.39 Å². The van der Waals surface area contributed by atoms with Crippen molar-refractivity contribution in [2.75, 3.05) is 0 Å². The molecule has 1 rings (SSSR count). The molecule has 0 saturated heterocycles. The van der Waals surface area contributed by atoms with E-state index < -0.39 is 14.9 Å². The zero-order chi connectivity index (χ0) is 13.5. The Labute approximate surface area is 110 Å². The fourth-order valence-corrected chi connectivity index (χ4v) is 2.61. The second-order valence-corrected chi connectivity index (χ2v) is 6.56. The van der Waals surface area contributed by atoms with Gasteiger partial charge in [-0.05, 0) is 37.2 Å². The number of benzene rings is 1. The molecule has 0 aliphatic rings. The molecular weight excluding hydrogens is 245 g/mol. The van der Waals surface area contributed by atoms with Gasteiger partial charge in [0.15, 0.2) is 0 Å². The van der Waals surface area contributed by atoms with Crippen LogP contribution in [0.15, 0.2) is 18.2 Å². The van der Waals surface area contributed by atoms with Crippen molar-refractivity contribution in [2.45, 2.75) is 45.4 Å². The summed E-state index contributed by atoms with van der Waals surface area (Å²) in [4.78, 5) is 0. The van der Waals surface area contributed by atoms with E-state index >= 15 is 0 Å². The first-order valence-electron chi connectivity index (χ1n) is 6.24. The van der Waals surface area contributed by atoms with Crippen LogP contribution in [0.1, 0.15) is 43.4 Å². The van der Waals surface area contributed by atoms with E-state index in [1.165, 1.54) is 12.1 Å². The van der Waals surface area contributed by atoms with Crippen LogP contribution in [0.5, 0.6) is 0 Å². The molecule has 2 nitrogen and oxygen atoms in total. The third-order valence-electron chi connectivity index (χ3n) is 2.68. The van der Waals surface area contributed by atoms with Gasteiger partial charge in [0, 0.05) is 0 Å². The van der Waals surface area contributed by atoms with Crippen LogP contribution in [0.25, 0.3) is 0 Å². The summed E-state index contributed by atoms with van der Waals surface area (Å²) in [5, 5.41) is 8.72. The SMILES string of the molecule is CCCCC(O[Si](C)C)c1ccc(C#N)c(F)c1. The lowest BCUT2D eigenvalue weighted by molar-refractivity contribution is 0.194. The van der Waals surface area contributed by atoms with Crippen molar-refractivity contribution in [3.63, 3.8) is 0 Å². The average Bonchev–Trinajstić information content (AvgIpc) is 2.34. The second kappa shape index (κ2) is 7.30. The van der Waals surface area contributed by atoms with Crippen LogP contribution < -0.4 is 0 Å². The summed E-state index contributed by atoms with van der Waals surface area (Å²) in [5.74, 6) is -0.457. The minimum Gasteiger partial charge on any atom is -0.410 e. The number of halogens is 1. The van der Waals surface area contributed by atoms with E-state index in [1.807, 2.05) is 6.07 Å². The molecule has 1 unspecified atom stereocenters. The smallest absolute Gasteiger partial charge is 0.205 e. The summed E-state index contributed by atoms with van der Waals surface area (Å²) >= 11 is 0. The van der Waals surface area contributed by atoms with Gasteiger partial charge in [-0.25, -0.2) is 4.39 Å². The molecular formula is C14H19FNOSi. The Morgan fingerprint density at radius 2 is 2.17 bits per heavy atom. The third-order valence-corrected chi connectivity index (χ3v) is 3.44. The van der Waals surface area contributed by atoms with Crippen LogP contribution in [-0.2, 0) is 4.43 Å². The molecule has 0 saturated carbocycles. The maximum absolute atomic E-state index is 13.6. The van der Waals surface area contributed by atoms with Crippen LogP contribution in [0.2, 0.25) is 13.1 Å². The van der Waals surface area contributed by atoms with Crippen molar-refractivity contribution >= 4 is 9.04 Å². The molecule has 1 aromatic carbocycles. The van der Waals surface area contributed by atoms with Gasteiger partial charge in [-0.3, -0.25) is 0 Å². The molecule has 0 fully saturated rings. The standard InChI is InChI=1S/C14H19FNOSi/c1-4-5-6-14(17-18(2)3)11-7-8-12(10-16)13(15)9-11/h7-9,14H,4-6H2,1-3H3. The van der Waals surface area contributed by atoms with Gasteiger partial charge in [0.05, 0.1) is 11.7 Å². The molecule has 0 aromatic heterocycles. The highest BCUT2D eigenvalue weighted by atomic mass is 28.3. The van der Waals surface area contributed by atoms with E-state index in [4.69, 9.17) is 9.69 Å². The van der Waals surface area contributed by atoms with Gasteiger partial charge >= 0.3 is 0 Å². The van der Waals surface area contributed by atoms with E-state index in [0.29, 0.717) is 0 Å². The Bertz CT molecular complexity index is 428. The minimum atomic E-state index is -0.826. The maximum atomic E-state index is 13.6. The van der Waals surface area contributed by atoms with Crippen molar-refractivity contribution in [1.82, 2.24) is 0 Å². The molecule has 1 radical (unpaired) electrons. The van der Waals surface area contributed by atoms with Crippen LogP contribution in [0.3, 0.4) is 0 Å². The number of nitriles is 1. The topological polar surface area (TPSA) is 33.0 Å². The van der Waals surface area contributed by atoms with Crippen LogP contribution in [0, 0.1) is 17.1 Å². The van der Waals surface area contributed by atoms with E-state index in [2.05, 4.69) is 20.0 Å².